The predicted octanol–water partition coefficient (Wildman–Crippen LogP) is 1.77. The van der Waals surface area contributed by atoms with Crippen molar-refractivity contribution in [2.75, 3.05) is 31.6 Å². The molecule has 1 fully saturated rings. The van der Waals surface area contributed by atoms with Crippen LogP contribution >= 0.6 is 0 Å². The second-order valence-electron chi connectivity index (χ2n) is 6.41. The molecule has 6 heteroatoms. The average Bonchev–Trinajstić information content (AvgIpc) is 2.53. The Morgan fingerprint density at radius 2 is 2.17 bits per heavy atom. The molecule has 1 aromatic rings. The van der Waals surface area contributed by atoms with Crippen LogP contribution in [0.1, 0.15) is 31.9 Å². The molecular formula is C17H28N4O2. The summed E-state index contributed by atoms with van der Waals surface area (Å²) in [6.45, 7) is 6.10. The number of aryl methyl sites for hydroxylation is 1. The molecule has 0 spiro atoms. The molecule has 1 saturated heterocycles. The lowest BCUT2D eigenvalue weighted by atomic mass is 10.1. The van der Waals surface area contributed by atoms with Gasteiger partial charge in [-0.05, 0) is 45.2 Å². The van der Waals surface area contributed by atoms with Crippen molar-refractivity contribution in [2.24, 2.45) is 0 Å². The largest absolute Gasteiger partial charge is 0.393 e. The fourth-order valence-corrected chi connectivity index (χ4v) is 2.72. The number of nitrogens with one attached hydrogen (secondary N) is 1. The van der Waals surface area contributed by atoms with Gasteiger partial charge in [0.05, 0.1) is 6.10 Å². The van der Waals surface area contributed by atoms with Crippen molar-refractivity contribution in [2.45, 2.75) is 45.3 Å². The highest BCUT2D eigenvalue weighted by molar-refractivity contribution is 5.74. The van der Waals surface area contributed by atoms with Crippen molar-refractivity contribution in [3.8, 4) is 0 Å². The number of rotatable bonds is 5. The fraction of sp³-hybridized carbons (Fsp3) is 0.647. The molecule has 1 aliphatic rings. The number of piperidine rings is 1. The van der Waals surface area contributed by atoms with Crippen molar-refractivity contribution in [3.05, 3.63) is 23.9 Å². The van der Waals surface area contributed by atoms with Gasteiger partial charge in [0.25, 0.3) is 0 Å². The molecule has 6 nitrogen and oxygen atoms in total. The SMILES string of the molecule is Cc1cccc(N2CCC(NC(=O)N(C)CCC(C)O)CC2)n1. The molecule has 0 bridgehead atoms. The second-order valence-corrected chi connectivity index (χ2v) is 6.41. The van der Waals surface area contributed by atoms with Crippen LogP contribution in [0.25, 0.3) is 0 Å². The molecule has 0 saturated carbocycles. The lowest BCUT2D eigenvalue weighted by Crippen LogP contribution is -2.48. The first-order chi connectivity index (χ1) is 11.0. The van der Waals surface area contributed by atoms with Crippen molar-refractivity contribution < 1.29 is 9.90 Å². The number of pyridine rings is 1. The van der Waals surface area contributed by atoms with Crippen LogP contribution < -0.4 is 10.2 Å². The van der Waals surface area contributed by atoms with E-state index in [-0.39, 0.29) is 18.2 Å². The van der Waals surface area contributed by atoms with Gasteiger partial charge >= 0.3 is 6.03 Å². The number of aromatic nitrogens is 1. The number of anilines is 1. The molecule has 1 aliphatic heterocycles. The second kappa shape index (κ2) is 8.15. The monoisotopic (exact) mass is 320 g/mol. The van der Waals surface area contributed by atoms with Gasteiger partial charge in [0.15, 0.2) is 0 Å². The minimum absolute atomic E-state index is 0.0576. The number of aliphatic hydroxyl groups excluding tert-OH is 1. The van der Waals surface area contributed by atoms with E-state index in [0.29, 0.717) is 13.0 Å². The molecule has 2 heterocycles. The third kappa shape index (κ3) is 5.39. The number of aliphatic hydroxyl groups is 1. The Bertz CT molecular complexity index is 513. The van der Waals surface area contributed by atoms with E-state index in [2.05, 4.69) is 15.2 Å². The van der Waals surface area contributed by atoms with Crippen LogP contribution in [-0.4, -0.2) is 59.8 Å². The number of carbonyl (C=O) groups excluding carboxylic acids is 1. The first-order valence-electron chi connectivity index (χ1n) is 8.34. The van der Waals surface area contributed by atoms with E-state index < -0.39 is 0 Å². The normalized spacial score (nSPS) is 17.0. The summed E-state index contributed by atoms with van der Waals surface area (Å²) in [5.41, 5.74) is 1.03. The maximum absolute atomic E-state index is 12.1. The van der Waals surface area contributed by atoms with E-state index >= 15 is 0 Å². The van der Waals surface area contributed by atoms with Crippen LogP contribution in [0.2, 0.25) is 0 Å². The van der Waals surface area contributed by atoms with Gasteiger partial charge in [0.2, 0.25) is 0 Å². The number of carbonyl (C=O) groups is 1. The Labute approximate surface area is 138 Å². The first kappa shape index (κ1) is 17.5. The van der Waals surface area contributed by atoms with Gasteiger partial charge in [0, 0.05) is 38.4 Å². The van der Waals surface area contributed by atoms with Gasteiger partial charge in [-0.3, -0.25) is 0 Å². The summed E-state index contributed by atoms with van der Waals surface area (Å²) in [5, 5.41) is 12.4. The summed E-state index contributed by atoms with van der Waals surface area (Å²) < 4.78 is 0. The summed E-state index contributed by atoms with van der Waals surface area (Å²) in [6.07, 6.45) is 2.06. The van der Waals surface area contributed by atoms with Gasteiger partial charge in [-0.2, -0.15) is 0 Å². The molecular weight excluding hydrogens is 292 g/mol. The summed E-state index contributed by atoms with van der Waals surface area (Å²) in [4.78, 5) is 20.6. The van der Waals surface area contributed by atoms with Crippen LogP contribution in [0.3, 0.4) is 0 Å². The van der Waals surface area contributed by atoms with E-state index in [1.54, 1.807) is 18.9 Å². The molecule has 2 N–H and O–H groups in total. The van der Waals surface area contributed by atoms with E-state index in [0.717, 1.165) is 37.4 Å². The average molecular weight is 320 g/mol. The van der Waals surface area contributed by atoms with Crippen LogP contribution in [0.5, 0.6) is 0 Å². The maximum Gasteiger partial charge on any atom is 0.317 e. The Hall–Kier alpha value is -1.82. The Morgan fingerprint density at radius 3 is 2.78 bits per heavy atom. The van der Waals surface area contributed by atoms with Gasteiger partial charge < -0.3 is 20.2 Å². The summed E-state index contributed by atoms with van der Waals surface area (Å²) >= 11 is 0. The molecule has 1 unspecified atom stereocenters. The van der Waals surface area contributed by atoms with E-state index in [4.69, 9.17) is 0 Å². The lowest BCUT2D eigenvalue weighted by molar-refractivity contribution is 0.161. The third-order valence-corrected chi connectivity index (χ3v) is 4.25. The standard InChI is InChI=1S/C17H28N4O2/c1-13-5-4-6-16(18-13)21-11-8-15(9-12-21)19-17(23)20(3)10-7-14(2)22/h4-6,14-15,22H,7-12H2,1-3H3,(H,19,23). The quantitative estimate of drug-likeness (QED) is 0.867. The zero-order valence-electron chi connectivity index (χ0n) is 14.3. The topological polar surface area (TPSA) is 68.7 Å². The highest BCUT2D eigenvalue weighted by atomic mass is 16.3. The fourth-order valence-electron chi connectivity index (χ4n) is 2.72. The molecule has 2 rings (SSSR count). The first-order valence-corrected chi connectivity index (χ1v) is 8.34. The number of hydrogen-bond donors (Lipinski definition) is 2. The van der Waals surface area contributed by atoms with Gasteiger partial charge in [-0.1, -0.05) is 6.07 Å². The summed E-state index contributed by atoms with van der Waals surface area (Å²) in [6, 6.07) is 6.22. The van der Waals surface area contributed by atoms with Crippen LogP contribution in [-0.2, 0) is 0 Å². The zero-order chi connectivity index (χ0) is 16.8. The molecule has 0 radical (unpaired) electrons. The lowest BCUT2D eigenvalue weighted by Gasteiger charge is -2.34. The maximum atomic E-state index is 12.1. The molecule has 0 aromatic carbocycles. The minimum atomic E-state index is -0.379. The van der Waals surface area contributed by atoms with Crippen molar-refractivity contribution in [1.29, 1.82) is 0 Å². The van der Waals surface area contributed by atoms with Crippen molar-refractivity contribution >= 4 is 11.8 Å². The van der Waals surface area contributed by atoms with Gasteiger partial charge in [-0.15, -0.1) is 0 Å². The van der Waals surface area contributed by atoms with Crippen LogP contribution in [0, 0.1) is 6.92 Å². The highest BCUT2D eigenvalue weighted by Gasteiger charge is 2.22. The molecule has 1 aromatic heterocycles. The summed E-state index contributed by atoms with van der Waals surface area (Å²) in [7, 11) is 1.77. The Kier molecular flexibility index (Phi) is 6.21. The smallest absolute Gasteiger partial charge is 0.317 e. The molecule has 23 heavy (non-hydrogen) atoms. The zero-order valence-corrected chi connectivity index (χ0v) is 14.3. The number of nitrogens with zero attached hydrogens (tertiary/aromatic N) is 3. The van der Waals surface area contributed by atoms with E-state index in [1.165, 1.54) is 0 Å². The number of hydrogen-bond acceptors (Lipinski definition) is 4. The third-order valence-electron chi connectivity index (χ3n) is 4.25. The molecule has 128 valence electrons. The summed E-state index contributed by atoms with van der Waals surface area (Å²) in [5.74, 6) is 1.02. The number of urea groups is 1. The van der Waals surface area contributed by atoms with Gasteiger partial charge in [-0.25, -0.2) is 9.78 Å². The Balaban J connectivity index is 1.77. The van der Waals surface area contributed by atoms with Crippen LogP contribution in [0.15, 0.2) is 18.2 Å². The highest BCUT2D eigenvalue weighted by Crippen LogP contribution is 2.18. The van der Waals surface area contributed by atoms with Crippen LogP contribution in [0.4, 0.5) is 10.6 Å². The Morgan fingerprint density at radius 1 is 1.48 bits per heavy atom. The van der Waals surface area contributed by atoms with E-state index in [9.17, 15) is 9.90 Å². The predicted molar refractivity (Wildman–Crippen MR) is 91.7 cm³/mol. The van der Waals surface area contributed by atoms with Crippen molar-refractivity contribution in [1.82, 2.24) is 15.2 Å². The minimum Gasteiger partial charge on any atom is -0.393 e. The van der Waals surface area contributed by atoms with E-state index in [1.807, 2.05) is 25.1 Å². The molecule has 2 amide bonds. The number of amides is 2. The van der Waals surface area contributed by atoms with Gasteiger partial charge in [0.1, 0.15) is 5.82 Å². The molecule has 0 aliphatic carbocycles. The molecule has 1 atom stereocenters. The van der Waals surface area contributed by atoms with Crippen molar-refractivity contribution in [3.63, 3.8) is 0 Å².